The van der Waals surface area contributed by atoms with Crippen LogP contribution in [-0.4, -0.2) is 21.4 Å². The first-order chi connectivity index (χ1) is 9.36. The first kappa shape index (κ1) is 12.7. The highest BCUT2D eigenvalue weighted by atomic mass is 32.2. The normalized spacial score (nSPS) is 16.7. The molecule has 1 aromatic carbocycles. The number of benzene rings is 1. The Morgan fingerprint density at radius 3 is 2.53 bits per heavy atom. The minimum absolute atomic E-state index is 0.584. The molecule has 0 aliphatic heterocycles. The molecule has 19 heavy (non-hydrogen) atoms. The molecule has 100 valence electrons. The molecule has 1 aliphatic carbocycles. The molecule has 0 spiro atoms. The summed E-state index contributed by atoms with van der Waals surface area (Å²) in [5.41, 5.74) is 1.09. The Balaban J connectivity index is 1.79. The number of nitrogens with one attached hydrogen (secondary N) is 1. The number of thioether (sulfide) groups is 1. The van der Waals surface area contributed by atoms with Crippen molar-refractivity contribution in [1.29, 1.82) is 0 Å². The third kappa shape index (κ3) is 2.84. The molecule has 0 unspecified atom stereocenters. The maximum absolute atomic E-state index is 4.69. The van der Waals surface area contributed by atoms with Crippen molar-refractivity contribution >= 4 is 11.8 Å². The van der Waals surface area contributed by atoms with Crippen LogP contribution >= 0.6 is 11.8 Å². The minimum Gasteiger partial charge on any atom is -0.262 e. The van der Waals surface area contributed by atoms with E-state index >= 15 is 0 Å². The topological polar surface area (TPSA) is 41.6 Å². The van der Waals surface area contributed by atoms with Gasteiger partial charge in [-0.25, -0.2) is 4.98 Å². The molecule has 1 fully saturated rings. The van der Waals surface area contributed by atoms with E-state index in [0.717, 1.165) is 17.2 Å². The standard InChI is InChI=1S/C15H19N3S/c1-19-13-9-7-12(8-10-13)15-16-14(17-18-15)11-5-3-2-4-6-11/h7-11H,2-6H2,1H3,(H,16,17,18). The molecule has 1 N–H and O–H groups in total. The van der Waals surface area contributed by atoms with Crippen molar-refractivity contribution in [1.82, 2.24) is 15.2 Å². The summed E-state index contributed by atoms with van der Waals surface area (Å²) in [6, 6.07) is 8.44. The van der Waals surface area contributed by atoms with Crippen molar-refractivity contribution in [3.63, 3.8) is 0 Å². The Hall–Kier alpha value is -1.29. The summed E-state index contributed by atoms with van der Waals surface area (Å²) in [7, 11) is 0. The van der Waals surface area contributed by atoms with Gasteiger partial charge in [0.05, 0.1) is 0 Å². The highest BCUT2D eigenvalue weighted by Gasteiger charge is 2.19. The Labute approximate surface area is 118 Å². The van der Waals surface area contributed by atoms with E-state index in [1.165, 1.54) is 37.0 Å². The maximum Gasteiger partial charge on any atom is 0.181 e. The summed E-state index contributed by atoms with van der Waals surface area (Å²) in [4.78, 5) is 5.96. The SMILES string of the molecule is CSc1ccc(-c2n[nH]c(C3CCCCC3)n2)cc1. The smallest absolute Gasteiger partial charge is 0.181 e. The zero-order valence-electron chi connectivity index (χ0n) is 11.2. The summed E-state index contributed by atoms with van der Waals surface area (Å²) >= 11 is 1.75. The Bertz CT molecular complexity index is 527. The minimum atomic E-state index is 0.584. The van der Waals surface area contributed by atoms with Crippen LogP contribution in [0.25, 0.3) is 11.4 Å². The molecule has 1 aliphatic rings. The fraction of sp³-hybridized carbons (Fsp3) is 0.467. The summed E-state index contributed by atoms with van der Waals surface area (Å²) < 4.78 is 0. The quantitative estimate of drug-likeness (QED) is 0.850. The Kier molecular flexibility index (Phi) is 3.87. The zero-order chi connectivity index (χ0) is 13.1. The molecule has 0 radical (unpaired) electrons. The second-order valence-corrected chi connectivity index (χ2v) is 5.99. The van der Waals surface area contributed by atoms with Crippen LogP contribution in [0.4, 0.5) is 0 Å². The van der Waals surface area contributed by atoms with Gasteiger partial charge in [0.2, 0.25) is 0 Å². The van der Waals surface area contributed by atoms with Crippen LogP contribution in [-0.2, 0) is 0 Å². The average molecular weight is 273 g/mol. The Morgan fingerprint density at radius 1 is 1.11 bits per heavy atom. The van der Waals surface area contributed by atoms with Crippen LogP contribution in [0.1, 0.15) is 43.8 Å². The van der Waals surface area contributed by atoms with E-state index in [2.05, 4.69) is 45.7 Å². The van der Waals surface area contributed by atoms with E-state index in [4.69, 9.17) is 0 Å². The molecular weight excluding hydrogens is 254 g/mol. The van der Waals surface area contributed by atoms with E-state index in [-0.39, 0.29) is 0 Å². The lowest BCUT2D eigenvalue weighted by atomic mass is 9.89. The highest BCUT2D eigenvalue weighted by Crippen LogP contribution is 2.31. The van der Waals surface area contributed by atoms with Gasteiger partial charge in [0, 0.05) is 16.4 Å². The lowest BCUT2D eigenvalue weighted by Gasteiger charge is -2.18. The number of aromatic nitrogens is 3. The van der Waals surface area contributed by atoms with Crippen molar-refractivity contribution in [3.05, 3.63) is 30.1 Å². The fourth-order valence-electron chi connectivity index (χ4n) is 2.70. The number of rotatable bonds is 3. The molecule has 1 aromatic heterocycles. The molecule has 0 amide bonds. The fourth-order valence-corrected chi connectivity index (χ4v) is 3.11. The van der Waals surface area contributed by atoms with Crippen molar-refractivity contribution < 1.29 is 0 Å². The van der Waals surface area contributed by atoms with Gasteiger partial charge in [0.25, 0.3) is 0 Å². The van der Waals surface area contributed by atoms with Crippen LogP contribution in [0.5, 0.6) is 0 Å². The predicted octanol–water partition coefficient (Wildman–Crippen LogP) is 4.24. The molecule has 3 rings (SSSR count). The average Bonchev–Trinajstić information content (AvgIpc) is 2.98. The third-order valence-electron chi connectivity index (χ3n) is 3.84. The summed E-state index contributed by atoms with van der Waals surface area (Å²) in [6.45, 7) is 0. The van der Waals surface area contributed by atoms with Gasteiger partial charge in [0.1, 0.15) is 5.82 Å². The van der Waals surface area contributed by atoms with Gasteiger partial charge in [0.15, 0.2) is 5.82 Å². The third-order valence-corrected chi connectivity index (χ3v) is 4.59. The van der Waals surface area contributed by atoms with Gasteiger partial charge in [-0.15, -0.1) is 11.8 Å². The van der Waals surface area contributed by atoms with Gasteiger partial charge in [-0.2, -0.15) is 5.10 Å². The molecule has 2 aromatic rings. The molecule has 1 heterocycles. The molecule has 1 saturated carbocycles. The van der Waals surface area contributed by atoms with Crippen molar-refractivity contribution in [2.45, 2.75) is 42.9 Å². The van der Waals surface area contributed by atoms with E-state index in [9.17, 15) is 0 Å². The van der Waals surface area contributed by atoms with E-state index < -0.39 is 0 Å². The van der Waals surface area contributed by atoms with Crippen LogP contribution in [0, 0.1) is 0 Å². The molecule has 0 saturated heterocycles. The number of H-pyrrole nitrogens is 1. The number of aromatic amines is 1. The first-order valence-corrected chi connectivity index (χ1v) is 8.16. The summed E-state index contributed by atoms with van der Waals surface area (Å²) in [5, 5.41) is 7.51. The van der Waals surface area contributed by atoms with Crippen molar-refractivity contribution in [2.75, 3.05) is 6.26 Å². The number of nitrogens with zero attached hydrogens (tertiary/aromatic N) is 2. The predicted molar refractivity (Wildman–Crippen MR) is 79.4 cm³/mol. The van der Waals surface area contributed by atoms with Gasteiger partial charge >= 0.3 is 0 Å². The van der Waals surface area contributed by atoms with Crippen LogP contribution in [0.15, 0.2) is 29.2 Å². The lowest BCUT2D eigenvalue weighted by molar-refractivity contribution is 0.429. The van der Waals surface area contributed by atoms with Gasteiger partial charge < -0.3 is 0 Å². The van der Waals surface area contributed by atoms with Gasteiger partial charge in [-0.05, 0) is 31.2 Å². The van der Waals surface area contributed by atoms with Crippen LogP contribution in [0.2, 0.25) is 0 Å². The maximum atomic E-state index is 4.69. The Morgan fingerprint density at radius 2 is 1.84 bits per heavy atom. The summed E-state index contributed by atoms with van der Waals surface area (Å²) in [5.74, 6) is 2.48. The number of hydrogen-bond acceptors (Lipinski definition) is 3. The van der Waals surface area contributed by atoms with E-state index in [1.54, 1.807) is 11.8 Å². The van der Waals surface area contributed by atoms with Crippen LogP contribution < -0.4 is 0 Å². The van der Waals surface area contributed by atoms with Gasteiger partial charge in [-0.1, -0.05) is 31.4 Å². The molecule has 0 atom stereocenters. The van der Waals surface area contributed by atoms with E-state index in [0.29, 0.717) is 5.92 Å². The zero-order valence-corrected chi connectivity index (χ0v) is 12.0. The molecular formula is C15H19N3S. The molecule has 4 heteroatoms. The van der Waals surface area contributed by atoms with Crippen molar-refractivity contribution in [3.8, 4) is 11.4 Å². The molecule has 0 bridgehead atoms. The highest BCUT2D eigenvalue weighted by molar-refractivity contribution is 7.98. The molecule has 3 nitrogen and oxygen atoms in total. The summed E-state index contributed by atoms with van der Waals surface area (Å²) in [6.07, 6.45) is 8.60. The monoisotopic (exact) mass is 273 g/mol. The van der Waals surface area contributed by atoms with Gasteiger partial charge in [-0.3, -0.25) is 5.10 Å². The van der Waals surface area contributed by atoms with E-state index in [1.807, 2.05) is 0 Å². The first-order valence-electron chi connectivity index (χ1n) is 6.93. The lowest BCUT2D eigenvalue weighted by Crippen LogP contribution is -2.06. The second-order valence-electron chi connectivity index (χ2n) is 5.11. The van der Waals surface area contributed by atoms with Crippen molar-refractivity contribution in [2.24, 2.45) is 0 Å². The van der Waals surface area contributed by atoms with Crippen LogP contribution in [0.3, 0.4) is 0 Å². The number of hydrogen-bond donors (Lipinski definition) is 1. The largest absolute Gasteiger partial charge is 0.262 e. The second kappa shape index (κ2) is 5.78.